The first-order valence-corrected chi connectivity index (χ1v) is 2.73. The molecule has 10 heavy (non-hydrogen) atoms. The highest BCUT2D eigenvalue weighted by atomic mass is 16.4. The SMILES string of the molecule is O=[13CH][C@@H](O)[C@H](O)[C@@H](O)CO. The molecule has 0 aliphatic heterocycles. The van der Waals surface area contributed by atoms with Crippen molar-refractivity contribution in [2.75, 3.05) is 6.61 Å². The summed E-state index contributed by atoms with van der Waals surface area (Å²) >= 11 is 0. The third kappa shape index (κ3) is 2.40. The van der Waals surface area contributed by atoms with E-state index in [0.29, 0.717) is 0 Å². The van der Waals surface area contributed by atoms with Crippen LogP contribution in [0.3, 0.4) is 0 Å². The minimum Gasteiger partial charge on any atom is -0.394 e. The molecule has 0 aromatic rings. The average molecular weight is 151 g/mol. The van der Waals surface area contributed by atoms with E-state index in [9.17, 15) is 4.79 Å². The Labute approximate surface area is 57.5 Å². The van der Waals surface area contributed by atoms with Crippen LogP contribution in [0.4, 0.5) is 0 Å². The predicted octanol–water partition coefficient (Wildman–Crippen LogP) is -2.74. The van der Waals surface area contributed by atoms with Gasteiger partial charge in [0.15, 0.2) is 6.29 Å². The Bertz CT molecular complexity index is 104. The van der Waals surface area contributed by atoms with E-state index in [0.717, 1.165) is 0 Å². The third-order valence-electron chi connectivity index (χ3n) is 1.07. The number of carbonyl (C=O) groups is 1. The van der Waals surface area contributed by atoms with Crippen molar-refractivity contribution in [3.8, 4) is 0 Å². The second-order valence-electron chi connectivity index (χ2n) is 1.87. The first-order valence-electron chi connectivity index (χ1n) is 2.73. The molecule has 0 aromatic heterocycles. The zero-order valence-corrected chi connectivity index (χ0v) is 5.21. The molecule has 0 saturated carbocycles. The molecule has 0 saturated heterocycles. The van der Waals surface area contributed by atoms with Crippen LogP contribution in [0.15, 0.2) is 0 Å². The minimum atomic E-state index is -1.64. The summed E-state index contributed by atoms with van der Waals surface area (Å²) in [6.07, 6.45) is -4.63. The van der Waals surface area contributed by atoms with E-state index in [1.54, 1.807) is 0 Å². The van der Waals surface area contributed by atoms with Gasteiger partial charge in [0.1, 0.15) is 18.3 Å². The number of carbonyl (C=O) groups excluding carboxylic acids is 1. The molecular weight excluding hydrogens is 141 g/mol. The van der Waals surface area contributed by atoms with Crippen LogP contribution in [0.2, 0.25) is 0 Å². The van der Waals surface area contributed by atoms with Crippen LogP contribution in [-0.4, -0.2) is 51.6 Å². The molecule has 0 bridgehead atoms. The maximum Gasteiger partial charge on any atom is 0.151 e. The van der Waals surface area contributed by atoms with E-state index in [1.807, 2.05) is 0 Å². The monoisotopic (exact) mass is 151 g/mol. The van der Waals surface area contributed by atoms with Gasteiger partial charge in [0.25, 0.3) is 0 Å². The fourth-order valence-corrected chi connectivity index (χ4v) is 0.416. The molecule has 0 heterocycles. The average Bonchev–Trinajstić information content (AvgIpc) is 2.00. The van der Waals surface area contributed by atoms with Gasteiger partial charge in [-0.25, -0.2) is 0 Å². The molecule has 4 N–H and O–H groups in total. The van der Waals surface area contributed by atoms with E-state index < -0.39 is 24.9 Å². The zero-order chi connectivity index (χ0) is 8.15. The highest BCUT2D eigenvalue weighted by Crippen LogP contribution is 1.96. The number of hydrogen-bond donors (Lipinski definition) is 4. The molecule has 0 aliphatic carbocycles. The lowest BCUT2D eigenvalue weighted by molar-refractivity contribution is -0.127. The number of aliphatic hydroxyl groups is 4. The van der Waals surface area contributed by atoms with Crippen molar-refractivity contribution in [3.05, 3.63) is 0 Å². The Morgan fingerprint density at radius 3 is 2.10 bits per heavy atom. The lowest BCUT2D eigenvalue weighted by Crippen LogP contribution is -2.40. The minimum absolute atomic E-state index is 0.0869. The van der Waals surface area contributed by atoms with Crippen molar-refractivity contribution in [1.29, 1.82) is 0 Å². The molecule has 60 valence electrons. The normalized spacial score (nSPS) is 19.6. The highest BCUT2D eigenvalue weighted by molar-refractivity contribution is 5.56. The van der Waals surface area contributed by atoms with E-state index in [-0.39, 0.29) is 6.29 Å². The first kappa shape index (κ1) is 9.51. The Hall–Kier alpha value is -0.490. The van der Waals surface area contributed by atoms with Crippen molar-refractivity contribution in [3.63, 3.8) is 0 Å². The van der Waals surface area contributed by atoms with E-state index in [4.69, 9.17) is 20.4 Å². The first-order chi connectivity index (χ1) is 4.63. The largest absolute Gasteiger partial charge is 0.394 e. The second-order valence-corrected chi connectivity index (χ2v) is 1.87. The fraction of sp³-hybridized carbons (Fsp3) is 0.800. The zero-order valence-electron chi connectivity index (χ0n) is 5.21. The Kier molecular flexibility index (Phi) is 4.13. The maximum absolute atomic E-state index is 9.76. The molecule has 5 heteroatoms. The third-order valence-corrected chi connectivity index (χ3v) is 1.07. The topological polar surface area (TPSA) is 98.0 Å². The number of hydrogen-bond acceptors (Lipinski definition) is 5. The molecule has 0 unspecified atom stereocenters. The summed E-state index contributed by atoms with van der Waals surface area (Å²) in [4.78, 5) is 9.76. The van der Waals surface area contributed by atoms with Crippen LogP contribution in [0, 0.1) is 0 Å². The van der Waals surface area contributed by atoms with Crippen LogP contribution in [-0.2, 0) is 4.79 Å². The van der Waals surface area contributed by atoms with Crippen LogP contribution >= 0.6 is 0 Å². The summed E-state index contributed by atoms with van der Waals surface area (Å²) in [5.74, 6) is 0. The van der Waals surface area contributed by atoms with Crippen LogP contribution < -0.4 is 0 Å². The van der Waals surface area contributed by atoms with Gasteiger partial charge in [-0.1, -0.05) is 0 Å². The van der Waals surface area contributed by atoms with Gasteiger partial charge in [0.05, 0.1) is 6.61 Å². The van der Waals surface area contributed by atoms with Gasteiger partial charge >= 0.3 is 0 Å². The van der Waals surface area contributed by atoms with Gasteiger partial charge in [-0.3, -0.25) is 0 Å². The molecular formula is C5H10O5. The summed E-state index contributed by atoms with van der Waals surface area (Å²) < 4.78 is 0. The molecule has 0 radical (unpaired) electrons. The summed E-state index contributed by atoms with van der Waals surface area (Å²) in [6.45, 7) is -0.688. The van der Waals surface area contributed by atoms with Crippen molar-refractivity contribution < 1.29 is 25.2 Å². The summed E-state index contributed by atoms with van der Waals surface area (Å²) in [5.41, 5.74) is 0. The van der Waals surface area contributed by atoms with Crippen molar-refractivity contribution in [1.82, 2.24) is 0 Å². The molecule has 5 nitrogen and oxygen atoms in total. The molecule has 0 rings (SSSR count). The van der Waals surface area contributed by atoms with Crippen LogP contribution in [0.1, 0.15) is 0 Å². The summed E-state index contributed by atoms with van der Waals surface area (Å²) in [7, 11) is 0. The lowest BCUT2D eigenvalue weighted by Gasteiger charge is -2.16. The predicted molar refractivity (Wildman–Crippen MR) is 31.2 cm³/mol. The molecule has 0 aromatic carbocycles. The Balaban J connectivity index is 3.80. The van der Waals surface area contributed by atoms with Gasteiger partial charge in [-0.05, 0) is 0 Å². The molecule has 0 spiro atoms. The van der Waals surface area contributed by atoms with Crippen molar-refractivity contribution in [2.24, 2.45) is 0 Å². The van der Waals surface area contributed by atoms with Gasteiger partial charge in [0, 0.05) is 0 Å². The van der Waals surface area contributed by atoms with Crippen LogP contribution in [0.25, 0.3) is 0 Å². The van der Waals surface area contributed by atoms with E-state index in [2.05, 4.69) is 0 Å². The van der Waals surface area contributed by atoms with Crippen LogP contribution in [0.5, 0.6) is 0 Å². The summed E-state index contributed by atoms with van der Waals surface area (Å²) in [6, 6.07) is 0. The van der Waals surface area contributed by atoms with Crippen molar-refractivity contribution >= 4 is 6.29 Å². The van der Waals surface area contributed by atoms with E-state index >= 15 is 0 Å². The van der Waals surface area contributed by atoms with Gasteiger partial charge in [-0.2, -0.15) is 0 Å². The Morgan fingerprint density at radius 2 is 1.80 bits per heavy atom. The smallest absolute Gasteiger partial charge is 0.151 e. The number of rotatable bonds is 4. The Morgan fingerprint density at radius 1 is 1.30 bits per heavy atom. The second kappa shape index (κ2) is 4.35. The molecule has 0 amide bonds. The molecule has 0 aliphatic rings. The number of aldehydes is 1. The maximum atomic E-state index is 9.76. The quantitative estimate of drug-likeness (QED) is 0.258. The summed E-state index contributed by atoms with van der Waals surface area (Å²) in [5, 5.41) is 34.1. The van der Waals surface area contributed by atoms with Gasteiger partial charge in [0.2, 0.25) is 0 Å². The molecule has 3 atom stereocenters. The fourth-order valence-electron chi connectivity index (χ4n) is 0.416. The molecule has 0 fully saturated rings. The standard InChI is InChI=1S/C5H10O5/c6-1-3(8)5(10)4(9)2-7/h1,3-5,7-10H,2H2/t3-,4+,5+/m1/s1/i1+1. The van der Waals surface area contributed by atoms with E-state index in [1.165, 1.54) is 0 Å². The van der Waals surface area contributed by atoms with Crippen molar-refractivity contribution in [2.45, 2.75) is 18.3 Å². The van der Waals surface area contributed by atoms with Gasteiger partial charge < -0.3 is 25.2 Å². The highest BCUT2D eigenvalue weighted by Gasteiger charge is 2.22. The lowest BCUT2D eigenvalue weighted by atomic mass is 10.2. The number of aliphatic hydroxyl groups excluding tert-OH is 4. The van der Waals surface area contributed by atoms with Gasteiger partial charge in [-0.15, -0.1) is 0 Å².